The molecular formula is C36H30N4O6. The summed E-state index contributed by atoms with van der Waals surface area (Å²) >= 11 is 0. The lowest BCUT2D eigenvalue weighted by Crippen LogP contribution is -2.32. The maximum Gasteiger partial charge on any atom is 0.360 e. The van der Waals surface area contributed by atoms with Crippen LogP contribution in [0.15, 0.2) is 109 Å². The van der Waals surface area contributed by atoms with Crippen molar-refractivity contribution in [3.63, 3.8) is 0 Å². The van der Waals surface area contributed by atoms with E-state index in [4.69, 9.17) is 14.2 Å². The van der Waals surface area contributed by atoms with Crippen LogP contribution in [0.25, 0.3) is 0 Å². The Bertz CT molecular complexity index is 1840. The highest BCUT2D eigenvalue weighted by Gasteiger charge is 2.54. The third-order valence-corrected chi connectivity index (χ3v) is 7.77. The summed E-state index contributed by atoms with van der Waals surface area (Å²) in [7, 11) is 2.99. The highest BCUT2D eigenvalue weighted by molar-refractivity contribution is 6.00. The van der Waals surface area contributed by atoms with E-state index >= 15 is 0 Å². The topological polar surface area (TPSA) is 111 Å². The van der Waals surface area contributed by atoms with Crippen LogP contribution >= 0.6 is 0 Å². The van der Waals surface area contributed by atoms with Crippen LogP contribution in [0, 0.1) is 0 Å². The molecule has 0 saturated carbocycles. The van der Waals surface area contributed by atoms with Gasteiger partial charge in [-0.15, -0.1) is 0 Å². The minimum atomic E-state index is -1.66. The Balaban J connectivity index is 1.58. The first-order valence-corrected chi connectivity index (χ1v) is 14.4. The predicted molar refractivity (Wildman–Crippen MR) is 172 cm³/mol. The van der Waals surface area contributed by atoms with Crippen LogP contribution in [0.2, 0.25) is 0 Å². The number of esters is 1. The molecule has 5 aromatic rings. The number of aromatic nitrogens is 2. The summed E-state index contributed by atoms with van der Waals surface area (Å²) < 4.78 is 18.1. The number of amides is 2. The summed E-state index contributed by atoms with van der Waals surface area (Å²) in [5.41, 5.74) is 1.93. The fourth-order valence-electron chi connectivity index (χ4n) is 5.89. The van der Waals surface area contributed by atoms with Gasteiger partial charge >= 0.3 is 5.97 Å². The van der Waals surface area contributed by atoms with Crippen molar-refractivity contribution in [1.29, 1.82) is 0 Å². The van der Waals surface area contributed by atoms with E-state index in [0.29, 0.717) is 45.4 Å². The van der Waals surface area contributed by atoms with Crippen LogP contribution in [0.1, 0.15) is 41.2 Å². The summed E-state index contributed by atoms with van der Waals surface area (Å²) in [4.78, 5) is 51.1. The van der Waals surface area contributed by atoms with Crippen molar-refractivity contribution in [2.24, 2.45) is 0 Å². The monoisotopic (exact) mass is 614 g/mol. The van der Waals surface area contributed by atoms with Gasteiger partial charge in [-0.05, 0) is 48.5 Å². The third kappa shape index (κ3) is 4.99. The van der Waals surface area contributed by atoms with Gasteiger partial charge in [0.25, 0.3) is 0 Å². The molecule has 0 fully saturated rings. The van der Waals surface area contributed by atoms with Crippen molar-refractivity contribution in [3.8, 4) is 11.5 Å². The Kier molecular flexibility index (Phi) is 7.94. The van der Waals surface area contributed by atoms with Gasteiger partial charge < -0.3 is 14.2 Å². The first-order chi connectivity index (χ1) is 22.3. The summed E-state index contributed by atoms with van der Waals surface area (Å²) in [5, 5.41) is 0. The van der Waals surface area contributed by atoms with Crippen molar-refractivity contribution in [3.05, 3.63) is 132 Å². The predicted octanol–water partition coefficient (Wildman–Crippen LogP) is 6.33. The molecule has 6 rings (SSSR count). The second kappa shape index (κ2) is 12.2. The minimum absolute atomic E-state index is 0.0454. The van der Waals surface area contributed by atoms with E-state index in [1.54, 1.807) is 46.2 Å². The Morgan fingerprint density at radius 1 is 0.652 bits per heavy atom. The zero-order valence-corrected chi connectivity index (χ0v) is 25.6. The summed E-state index contributed by atoms with van der Waals surface area (Å²) in [6.45, 7) is 2.96. The zero-order valence-electron chi connectivity index (χ0n) is 25.6. The van der Waals surface area contributed by atoms with E-state index in [0.717, 1.165) is 0 Å². The Morgan fingerprint density at radius 2 is 1.11 bits per heavy atom. The number of methoxy groups -OCH3 is 2. The number of carbonyl (C=O) groups is 3. The average molecular weight is 615 g/mol. The molecule has 2 heterocycles. The van der Waals surface area contributed by atoms with Crippen molar-refractivity contribution < 1.29 is 28.6 Å². The van der Waals surface area contributed by atoms with E-state index in [2.05, 4.69) is 9.97 Å². The van der Waals surface area contributed by atoms with Crippen molar-refractivity contribution in [2.75, 3.05) is 24.0 Å². The van der Waals surface area contributed by atoms with E-state index in [9.17, 15) is 14.4 Å². The van der Waals surface area contributed by atoms with Gasteiger partial charge in [-0.1, -0.05) is 36.4 Å². The molecule has 46 heavy (non-hydrogen) atoms. The maximum atomic E-state index is 13.4. The highest BCUT2D eigenvalue weighted by atomic mass is 16.6. The van der Waals surface area contributed by atoms with Crippen LogP contribution in [0.4, 0.5) is 22.7 Å². The second-order valence-electron chi connectivity index (χ2n) is 10.5. The Morgan fingerprint density at radius 3 is 1.54 bits per heavy atom. The lowest BCUT2D eigenvalue weighted by atomic mass is 9.82. The number of nitrogens with zero attached hydrogens (tertiary/aromatic N) is 4. The van der Waals surface area contributed by atoms with Crippen LogP contribution < -0.4 is 19.3 Å². The quantitative estimate of drug-likeness (QED) is 0.187. The first kappa shape index (κ1) is 30.0. The van der Waals surface area contributed by atoms with Gasteiger partial charge in [-0.2, -0.15) is 0 Å². The normalized spacial score (nSPS) is 12.9. The van der Waals surface area contributed by atoms with Gasteiger partial charge in [0.1, 0.15) is 17.2 Å². The van der Waals surface area contributed by atoms with Gasteiger partial charge in [0, 0.05) is 60.9 Å². The number of anilines is 4. The molecular weight excluding hydrogens is 584 g/mol. The Labute approximate surface area is 265 Å². The summed E-state index contributed by atoms with van der Waals surface area (Å²) in [5.74, 6) is -0.432. The number of hydrogen-bond acceptors (Lipinski definition) is 8. The van der Waals surface area contributed by atoms with Gasteiger partial charge in [0.2, 0.25) is 17.4 Å². The van der Waals surface area contributed by atoms with E-state index in [1.165, 1.54) is 40.5 Å². The number of rotatable bonds is 8. The van der Waals surface area contributed by atoms with Gasteiger partial charge in [0.05, 0.1) is 25.6 Å². The number of hydrogen-bond donors (Lipinski definition) is 0. The van der Waals surface area contributed by atoms with Crippen LogP contribution in [0.3, 0.4) is 0 Å². The number of benzene rings is 4. The van der Waals surface area contributed by atoms with Crippen LogP contribution in [0.5, 0.6) is 11.5 Å². The minimum Gasteiger partial charge on any atom is -0.496 e. The average Bonchev–Trinajstić information content (AvgIpc) is 3.38. The van der Waals surface area contributed by atoms with E-state index in [-0.39, 0.29) is 23.2 Å². The highest BCUT2D eigenvalue weighted by Crippen LogP contribution is 2.52. The number of para-hydroxylation sites is 2. The smallest absolute Gasteiger partial charge is 0.360 e. The molecule has 0 N–H and O–H groups in total. The SMILES string of the molecule is COc1cc(N(C(C)=O)c2ccccc2)ccc1C1(c2ccc(N(C(C)=O)c3ccccc3)cc2OC)OC(=O)c2nccnc21. The molecule has 10 heteroatoms. The molecule has 0 radical (unpaired) electrons. The Hall–Kier alpha value is -6.03. The third-order valence-electron chi connectivity index (χ3n) is 7.77. The van der Waals surface area contributed by atoms with Crippen LogP contribution in [-0.2, 0) is 19.9 Å². The largest absolute Gasteiger partial charge is 0.496 e. The second-order valence-corrected chi connectivity index (χ2v) is 10.5. The summed E-state index contributed by atoms with van der Waals surface area (Å²) in [6.07, 6.45) is 2.91. The van der Waals surface area contributed by atoms with E-state index in [1.807, 2.05) is 60.7 Å². The lowest BCUT2D eigenvalue weighted by Gasteiger charge is -2.33. The molecule has 0 spiro atoms. The molecule has 4 aromatic carbocycles. The first-order valence-electron chi connectivity index (χ1n) is 14.4. The standard InChI is InChI=1S/C36H30N4O6/c1-23(41)39(25-11-7-5-8-12-25)27-15-17-29(31(21-27)44-3)36(34-33(35(43)46-36)37-19-20-38-34)30-18-16-28(22-32(30)45-4)40(24(2)42)26-13-9-6-10-14-26/h5-22H,1-4H3. The maximum absolute atomic E-state index is 13.4. The molecule has 1 aliphatic heterocycles. The molecule has 2 amide bonds. The van der Waals surface area contributed by atoms with Crippen molar-refractivity contribution in [1.82, 2.24) is 9.97 Å². The molecule has 230 valence electrons. The van der Waals surface area contributed by atoms with Gasteiger partial charge in [0.15, 0.2) is 5.69 Å². The molecule has 0 bridgehead atoms. The summed E-state index contributed by atoms with van der Waals surface area (Å²) in [6, 6.07) is 28.9. The number of cyclic esters (lactones) is 1. The van der Waals surface area contributed by atoms with E-state index < -0.39 is 11.6 Å². The molecule has 0 atom stereocenters. The van der Waals surface area contributed by atoms with Crippen molar-refractivity contribution >= 4 is 40.5 Å². The molecule has 0 unspecified atom stereocenters. The number of carbonyl (C=O) groups excluding carboxylic acids is 3. The fourth-order valence-corrected chi connectivity index (χ4v) is 5.89. The molecule has 1 aromatic heterocycles. The van der Waals surface area contributed by atoms with Crippen LogP contribution in [-0.4, -0.2) is 42.0 Å². The molecule has 10 nitrogen and oxygen atoms in total. The van der Waals surface area contributed by atoms with Gasteiger partial charge in [-0.3, -0.25) is 24.4 Å². The molecule has 0 aliphatic carbocycles. The molecule has 1 aliphatic rings. The zero-order chi connectivity index (χ0) is 32.4. The molecule has 0 saturated heterocycles. The number of ether oxygens (including phenoxy) is 3. The lowest BCUT2D eigenvalue weighted by molar-refractivity contribution is -0.116. The fraction of sp³-hybridized carbons (Fsp3) is 0.139. The van der Waals surface area contributed by atoms with Gasteiger partial charge in [-0.25, -0.2) is 9.78 Å². The number of fused-ring (bicyclic) bond motifs is 1. The van der Waals surface area contributed by atoms with Crippen molar-refractivity contribution in [2.45, 2.75) is 19.4 Å².